The highest BCUT2D eigenvalue weighted by molar-refractivity contribution is 7.96. The average molecular weight is 601 g/mol. The van der Waals surface area contributed by atoms with Gasteiger partial charge in [0.2, 0.25) is 0 Å². The van der Waals surface area contributed by atoms with Crippen LogP contribution >= 0.6 is 0 Å². The van der Waals surface area contributed by atoms with E-state index in [2.05, 4.69) is 11.3 Å². The Balaban J connectivity index is 0.000000337. The van der Waals surface area contributed by atoms with E-state index in [4.69, 9.17) is 0 Å². The molecule has 0 bridgehead atoms. The van der Waals surface area contributed by atoms with Crippen LogP contribution < -0.4 is 0 Å². The van der Waals surface area contributed by atoms with Gasteiger partial charge in [0.15, 0.2) is 9.84 Å². The topological polar surface area (TPSA) is 63.6 Å². The molecule has 40 heavy (non-hydrogen) atoms. The summed E-state index contributed by atoms with van der Waals surface area (Å²) in [6.07, 6.45) is -7.92. The second-order valence-corrected chi connectivity index (χ2v) is 11.3. The lowest BCUT2D eigenvalue weighted by Crippen LogP contribution is -2.55. The number of halogens is 8. The number of hydrogen-bond donors (Lipinski definition) is 1. The summed E-state index contributed by atoms with van der Waals surface area (Å²) in [5.41, 5.74) is -6.58. The van der Waals surface area contributed by atoms with Gasteiger partial charge >= 0.3 is 12.4 Å². The summed E-state index contributed by atoms with van der Waals surface area (Å²) in [5, 5.41) is 8.85. The Morgan fingerprint density at radius 3 is 1.93 bits per heavy atom. The zero-order valence-electron chi connectivity index (χ0n) is 21.5. The molecule has 0 radical (unpaired) electrons. The van der Waals surface area contributed by atoms with Gasteiger partial charge in [-0.05, 0) is 45.2 Å². The van der Waals surface area contributed by atoms with Crippen LogP contribution in [0.4, 0.5) is 35.1 Å². The molecule has 0 saturated heterocycles. The van der Waals surface area contributed by atoms with Crippen LogP contribution in [0.5, 0.6) is 0 Å². The average Bonchev–Trinajstić information content (AvgIpc) is 3.28. The summed E-state index contributed by atoms with van der Waals surface area (Å²) >= 11 is 0. The van der Waals surface area contributed by atoms with Gasteiger partial charge in [0, 0.05) is 11.1 Å². The molecule has 1 unspecified atom stereocenters. The zero-order valence-corrected chi connectivity index (χ0v) is 22.3. The van der Waals surface area contributed by atoms with Gasteiger partial charge < -0.3 is 9.84 Å². The summed E-state index contributed by atoms with van der Waals surface area (Å²) in [7, 11) is -3.25. The van der Waals surface area contributed by atoms with Crippen molar-refractivity contribution in [2.75, 3.05) is 0 Å². The molecule has 1 fully saturated rings. The largest absolute Gasteiger partial charge is 0.430 e. The molecule has 1 aliphatic carbocycles. The first-order valence-corrected chi connectivity index (χ1v) is 13.4. The molecule has 3 rings (SSSR count). The number of aliphatic hydroxyl groups excluding tert-OH is 1. The van der Waals surface area contributed by atoms with Crippen LogP contribution in [0, 0.1) is 18.6 Å². The Kier molecular flexibility index (Phi) is 10.7. The molecule has 4 nitrogen and oxygen atoms in total. The van der Waals surface area contributed by atoms with E-state index >= 15 is 0 Å². The maximum atomic E-state index is 13.6. The molecule has 1 aliphatic rings. The van der Waals surface area contributed by atoms with E-state index in [0.717, 1.165) is 18.2 Å². The minimum absolute atomic E-state index is 0.275. The fraction of sp³-hybridized carbons (Fsp3) is 0.407. The van der Waals surface area contributed by atoms with Gasteiger partial charge in [-0.15, -0.1) is 0 Å². The van der Waals surface area contributed by atoms with Crippen molar-refractivity contribution < 1.29 is 53.4 Å². The summed E-state index contributed by atoms with van der Waals surface area (Å²) in [5.74, 6) is -2.63. The Labute approximate surface area is 226 Å². The van der Waals surface area contributed by atoms with Crippen LogP contribution in [-0.2, 0) is 26.8 Å². The molecule has 0 aliphatic heterocycles. The van der Waals surface area contributed by atoms with Gasteiger partial charge in [-0.25, -0.2) is 17.2 Å². The molecular weight excluding hydrogens is 572 g/mol. The number of sulfone groups is 1. The van der Waals surface area contributed by atoms with Crippen LogP contribution in [0.1, 0.15) is 42.9 Å². The van der Waals surface area contributed by atoms with Crippen molar-refractivity contribution in [3.8, 4) is 0 Å². The molecular formula is C27H28F8O4S. The Morgan fingerprint density at radius 1 is 1.00 bits per heavy atom. The number of rotatable bonds is 7. The lowest BCUT2D eigenvalue weighted by Gasteiger charge is -2.37. The molecule has 0 aromatic heterocycles. The molecule has 13 heteroatoms. The van der Waals surface area contributed by atoms with Gasteiger partial charge in [0.05, 0.1) is 22.9 Å². The number of allylic oxidation sites excluding steroid dienone is 2. The first-order valence-electron chi connectivity index (χ1n) is 11.9. The van der Waals surface area contributed by atoms with Crippen molar-refractivity contribution >= 4 is 9.84 Å². The van der Waals surface area contributed by atoms with Crippen LogP contribution in [0.15, 0.2) is 66.1 Å². The molecule has 1 N–H and O–H groups in total. The Hall–Kier alpha value is -2.77. The van der Waals surface area contributed by atoms with Crippen molar-refractivity contribution in [1.82, 2.24) is 0 Å². The molecule has 222 valence electrons. The van der Waals surface area contributed by atoms with Gasteiger partial charge in [-0.3, -0.25) is 0 Å². The second kappa shape index (κ2) is 12.8. The standard InChI is InChI=1S/C17H12F8O.C10H16O3S/c1-10-5-7-11(8-6-10)15(16(20,21)22,17(23,24)25)26-9-12-13(18)3-2-4-14(12)19;1-3-9(4-2)14(12,13)10-6-5-8(11)7-10/h2-8H,9H2,1H3;3-4,8,10-11H,1,5-7H2,2H3/b;9-4+/t;8-,10?/m.0/s1. The summed E-state index contributed by atoms with van der Waals surface area (Å²) in [6.45, 7) is 5.07. The van der Waals surface area contributed by atoms with Crippen LogP contribution in [0.25, 0.3) is 0 Å². The van der Waals surface area contributed by atoms with E-state index in [9.17, 15) is 48.6 Å². The van der Waals surface area contributed by atoms with Gasteiger partial charge in [-0.2, -0.15) is 26.3 Å². The van der Waals surface area contributed by atoms with Crippen LogP contribution in [-0.4, -0.2) is 37.2 Å². The minimum Gasteiger partial charge on any atom is -0.393 e. The molecule has 0 spiro atoms. The lowest BCUT2D eigenvalue weighted by atomic mass is 9.91. The number of aliphatic hydroxyl groups is 1. The van der Waals surface area contributed by atoms with E-state index in [-0.39, 0.29) is 4.91 Å². The SMILES string of the molecule is C=C/C(=C\C)S(=O)(=O)C1CC[C@H](O)C1.Cc1ccc(C(OCc2c(F)cccc2F)(C(F)(F)F)C(F)(F)F)cc1. The van der Waals surface area contributed by atoms with Crippen LogP contribution in [0.2, 0.25) is 0 Å². The maximum absolute atomic E-state index is 13.6. The summed E-state index contributed by atoms with van der Waals surface area (Å²) in [4.78, 5) is 0.275. The molecule has 0 amide bonds. The smallest absolute Gasteiger partial charge is 0.393 e. The highest BCUT2D eigenvalue weighted by Gasteiger charge is 2.73. The Bertz CT molecular complexity index is 1270. The fourth-order valence-electron chi connectivity index (χ4n) is 4.16. The number of hydrogen-bond acceptors (Lipinski definition) is 4. The monoisotopic (exact) mass is 600 g/mol. The Morgan fingerprint density at radius 2 is 1.52 bits per heavy atom. The van der Waals surface area contributed by atoms with Crippen molar-refractivity contribution in [3.63, 3.8) is 0 Å². The van der Waals surface area contributed by atoms with Crippen molar-refractivity contribution in [3.05, 3.63) is 94.4 Å². The number of aryl methyl sites for hydroxylation is 1. The van der Waals surface area contributed by atoms with Gasteiger partial charge in [-0.1, -0.05) is 54.6 Å². The van der Waals surface area contributed by atoms with E-state index in [1.807, 2.05) is 0 Å². The van der Waals surface area contributed by atoms with Crippen molar-refractivity contribution in [2.24, 2.45) is 0 Å². The highest BCUT2D eigenvalue weighted by Crippen LogP contribution is 2.53. The summed E-state index contributed by atoms with van der Waals surface area (Å²) < 4.78 is 136. The van der Waals surface area contributed by atoms with Gasteiger partial charge in [0.1, 0.15) is 11.6 Å². The van der Waals surface area contributed by atoms with E-state index < -0.39 is 68.5 Å². The predicted octanol–water partition coefficient (Wildman–Crippen LogP) is 7.21. The quantitative estimate of drug-likeness (QED) is 0.270. The van der Waals surface area contributed by atoms with E-state index in [0.29, 0.717) is 49.1 Å². The number of benzene rings is 2. The fourth-order valence-corrected chi connectivity index (χ4v) is 6.03. The zero-order chi connectivity index (χ0) is 30.5. The van der Waals surface area contributed by atoms with E-state index in [1.165, 1.54) is 13.0 Å². The lowest BCUT2D eigenvalue weighted by molar-refractivity contribution is -0.392. The molecule has 1 saturated carbocycles. The third-order valence-electron chi connectivity index (χ3n) is 6.36. The number of ether oxygens (including phenoxy) is 1. The number of alkyl halides is 6. The normalized spacial score (nSPS) is 18.7. The molecule has 2 aromatic carbocycles. The predicted molar refractivity (Wildman–Crippen MR) is 133 cm³/mol. The van der Waals surface area contributed by atoms with E-state index in [1.54, 1.807) is 13.0 Å². The van der Waals surface area contributed by atoms with Crippen LogP contribution in [0.3, 0.4) is 0 Å². The third kappa shape index (κ3) is 7.10. The van der Waals surface area contributed by atoms with Crippen molar-refractivity contribution in [1.29, 1.82) is 0 Å². The minimum atomic E-state index is -5.93. The first kappa shape index (κ1) is 33.4. The van der Waals surface area contributed by atoms with Crippen molar-refractivity contribution in [2.45, 2.75) is 69.0 Å². The summed E-state index contributed by atoms with van der Waals surface area (Å²) in [6, 6.07) is 5.67. The molecule has 2 atom stereocenters. The highest BCUT2D eigenvalue weighted by atomic mass is 32.2. The second-order valence-electron chi connectivity index (χ2n) is 9.06. The molecule has 0 heterocycles. The molecule has 2 aromatic rings. The first-order chi connectivity index (χ1) is 18.4. The maximum Gasteiger partial charge on any atom is 0.430 e. The van der Waals surface area contributed by atoms with Gasteiger partial charge in [0.25, 0.3) is 5.60 Å². The third-order valence-corrected chi connectivity index (χ3v) is 8.73.